The number of nitrogens with one attached hydrogen (secondary N) is 2. The molecule has 0 aliphatic rings. The van der Waals surface area contributed by atoms with Crippen molar-refractivity contribution in [3.05, 3.63) is 29.8 Å². The first-order valence-corrected chi connectivity index (χ1v) is 6.95. The molecule has 0 aromatic heterocycles. The zero-order valence-electron chi connectivity index (χ0n) is 12.2. The topological polar surface area (TPSA) is 67.4 Å². The van der Waals surface area contributed by atoms with Gasteiger partial charge < -0.3 is 15.4 Å². The summed E-state index contributed by atoms with van der Waals surface area (Å²) >= 11 is 0. The minimum Gasteiger partial charge on any atom is -0.462 e. The lowest BCUT2D eigenvalue weighted by Gasteiger charge is -2.15. The van der Waals surface area contributed by atoms with Crippen LogP contribution in [0.4, 0.5) is 10.5 Å². The van der Waals surface area contributed by atoms with Crippen LogP contribution in [-0.2, 0) is 4.74 Å². The Morgan fingerprint density at radius 1 is 1.10 bits per heavy atom. The van der Waals surface area contributed by atoms with E-state index in [0.29, 0.717) is 17.9 Å². The van der Waals surface area contributed by atoms with Gasteiger partial charge in [0.1, 0.15) is 0 Å². The molecule has 110 valence electrons. The molecule has 1 aromatic rings. The van der Waals surface area contributed by atoms with Gasteiger partial charge in [0.15, 0.2) is 0 Å². The summed E-state index contributed by atoms with van der Waals surface area (Å²) in [6.07, 6.45) is 1.79. The first kappa shape index (κ1) is 16.0. The average molecular weight is 278 g/mol. The molecule has 1 aromatic carbocycles. The zero-order valence-corrected chi connectivity index (χ0v) is 12.2. The SMILES string of the molecule is CCOC(=O)c1ccc(NC(=O)NC(CC)CC)cc1. The first-order valence-electron chi connectivity index (χ1n) is 6.95. The Bertz CT molecular complexity index is 439. The maximum absolute atomic E-state index is 11.7. The predicted octanol–water partition coefficient (Wildman–Crippen LogP) is 3.17. The maximum Gasteiger partial charge on any atom is 0.338 e. The summed E-state index contributed by atoms with van der Waals surface area (Å²) in [6, 6.07) is 6.56. The number of esters is 1. The molecule has 2 amide bonds. The number of amides is 2. The van der Waals surface area contributed by atoms with E-state index in [1.54, 1.807) is 31.2 Å². The molecule has 0 radical (unpaired) electrons. The lowest BCUT2D eigenvalue weighted by Crippen LogP contribution is -2.37. The highest BCUT2D eigenvalue weighted by Gasteiger charge is 2.09. The molecule has 5 nitrogen and oxygen atoms in total. The minimum absolute atomic E-state index is 0.175. The van der Waals surface area contributed by atoms with Crippen molar-refractivity contribution in [1.82, 2.24) is 5.32 Å². The van der Waals surface area contributed by atoms with Crippen molar-refractivity contribution in [2.75, 3.05) is 11.9 Å². The van der Waals surface area contributed by atoms with Gasteiger partial charge in [-0.15, -0.1) is 0 Å². The van der Waals surface area contributed by atoms with Crippen LogP contribution in [0, 0.1) is 0 Å². The molecular weight excluding hydrogens is 256 g/mol. The van der Waals surface area contributed by atoms with Gasteiger partial charge >= 0.3 is 12.0 Å². The summed E-state index contributed by atoms with van der Waals surface area (Å²) in [7, 11) is 0. The number of hydrogen-bond donors (Lipinski definition) is 2. The molecule has 0 saturated heterocycles. The number of ether oxygens (including phenoxy) is 1. The fraction of sp³-hybridized carbons (Fsp3) is 0.467. The molecule has 0 unspecified atom stereocenters. The van der Waals surface area contributed by atoms with E-state index < -0.39 is 0 Å². The van der Waals surface area contributed by atoms with Crippen molar-refractivity contribution in [1.29, 1.82) is 0 Å². The molecule has 0 aliphatic carbocycles. The fourth-order valence-corrected chi connectivity index (χ4v) is 1.75. The number of carbonyl (C=O) groups excluding carboxylic acids is 2. The van der Waals surface area contributed by atoms with E-state index in [1.165, 1.54) is 0 Å². The molecule has 0 atom stereocenters. The second-order valence-electron chi connectivity index (χ2n) is 4.41. The van der Waals surface area contributed by atoms with Crippen LogP contribution < -0.4 is 10.6 Å². The van der Waals surface area contributed by atoms with Crippen molar-refractivity contribution in [3.63, 3.8) is 0 Å². The highest BCUT2D eigenvalue weighted by atomic mass is 16.5. The third-order valence-corrected chi connectivity index (χ3v) is 2.97. The highest BCUT2D eigenvalue weighted by Crippen LogP contribution is 2.10. The third kappa shape index (κ3) is 4.91. The Balaban J connectivity index is 2.57. The van der Waals surface area contributed by atoms with Crippen molar-refractivity contribution < 1.29 is 14.3 Å². The van der Waals surface area contributed by atoms with Crippen LogP contribution in [0.25, 0.3) is 0 Å². The van der Waals surface area contributed by atoms with E-state index >= 15 is 0 Å². The Kier molecular flexibility index (Phi) is 6.56. The van der Waals surface area contributed by atoms with Crippen molar-refractivity contribution >= 4 is 17.7 Å². The fourth-order valence-electron chi connectivity index (χ4n) is 1.75. The lowest BCUT2D eigenvalue weighted by atomic mass is 10.2. The molecule has 0 spiro atoms. The number of hydrogen-bond acceptors (Lipinski definition) is 3. The lowest BCUT2D eigenvalue weighted by molar-refractivity contribution is 0.0526. The Hall–Kier alpha value is -2.04. The van der Waals surface area contributed by atoms with Crippen LogP contribution in [0.1, 0.15) is 44.0 Å². The van der Waals surface area contributed by atoms with Gasteiger partial charge in [-0.2, -0.15) is 0 Å². The molecule has 1 rings (SSSR count). The second-order valence-corrected chi connectivity index (χ2v) is 4.41. The van der Waals surface area contributed by atoms with Gasteiger partial charge in [-0.3, -0.25) is 0 Å². The van der Waals surface area contributed by atoms with E-state index in [9.17, 15) is 9.59 Å². The second kappa shape index (κ2) is 8.19. The van der Waals surface area contributed by atoms with Crippen LogP contribution >= 0.6 is 0 Å². The van der Waals surface area contributed by atoms with E-state index in [1.807, 2.05) is 13.8 Å². The molecular formula is C15H22N2O3. The van der Waals surface area contributed by atoms with E-state index in [4.69, 9.17) is 4.74 Å². The van der Waals surface area contributed by atoms with Crippen molar-refractivity contribution in [2.45, 2.75) is 39.7 Å². The summed E-state index contributed by atoms with van der Waals surface area (Å²) in [4.78, 5) is 23.2. The Morgan fingerprint density at radius 2 is 1.70 bits per heavy atom. The molecule has 0 fully saturated rings. The summed E-state index contributed by atoms with van der Waals surface area (Å²) in [5.74, 6) is -0.361. The predicted molar refractivity (Wildman–Crippen MR) is 78.9 cm³/mol. The zero-order chi connectivity index (χ0) is 15.0. The van der Waals surface area contributed by atoms with E-state index in [2.05, 4.69) is 10.6 Å². The third-order valence-electron chi connectivity index (χ3n) is 2.97. The largest absolute Gasteiger partial charge is 0.462 e. The molecule has 0 heterocycles. The summed E-state index contributed by atoms with van der Waals surface area (Å²) < 4.78 is 4.89. The van der Waals surface area contributed by atoms with E-state index in [-0.39, 0.29) is 18.0 Å². The van der Waals surface area contributed by atoms with Gasteiger partial charge in [-0.25, -0.2) is 9.59 Å². The number of carbonyl (C=O) groups is 2. The monoisotopic (exact) mass is 278 g/mol. The quantitative estimate of drug-likeness (QED) is 0.785. The summed E-state index contributed by atoms with van der Waals surface area (Å²) in [5.41, 5.74) is 1.11. The van der Waals surface area contributed by atoms with Gasteiger partial charge in [0, 0.05) is 11.7 Å². The maximum atomic E-state index is 11.7. The van der Waals surface area contributed by atoms with Gasteiger partial charge in [-0.1, -0.05) is 13.8 Å². The van der Waals surface area contributed by atoms with Crippen molar-refractivity contribution in [2.24, 2.45) is 0 Å². The van der Waals surface area contributed by atoms with Crippen LogP contribution in [0.3, 0.4) is 0 Å². The molecule has 5 heteroatoms. The number of anilines is 1. The Morgan fingerprint density at radius 3 is 2.20 bits per heavy atom. The van der Waals surface area contributed by atoms with Crippen LogP contribution in [0.5, 0.6) is 0 Å². The van der Waals surface area contributed by atoms with E-state index in [0.717, 1.165) is 12.8 Å². The minimum atomic E-state index is -0.361. The normalized spacial score (nSPS) is 10.2. The number of benzene rings is 1. The number of rotatable bonds is 6. The molecule has 20 heavy (non-hydrogen) atoms. The molecule has 2 N–H and O–H groups in total. The van der Waals surface area contributed by atoms with Gasteiger partial charge in [-0.05, 0) is 44.0 Å². The molecule has 0 bridgehead atoms. The standard InChI is InChI=1S/C15H22N2O3/c1-4-12(5-2)16-15(19)17-13-9-7-11(8-10-13)14(18)20-6-3/h7-10,12H,4-6H2,1-3H3,(H2,16,17,19). The first-order chi connectivity index (χ1) is 9.60. The summed E-state index contributed by atoms with van der Waals surface area (Å²) in [6.45, 7) is 6.16. The van der Waals surface area contributed by atoms with Crippen LogP contribution in [0.15, 0.2) is 24.3 Å². The average Bonchev–Trinajstić information content (AvgIpc) is 2.45. The van der Waals surface area contributed by atoms with Gasteiger partial charge in [0.25, 0.3) is 0 Å². The smallest absolute Gasteiger partial charge is 0.338 e. The summed E-state index contributed by atoms with van der Waals surface area (Å²) in [5, 5.41) is 5.62. The highest BCUT2D eigenvalue weighted by molar-refractivity contribution is 5.92. The van der Waals surface area contributed by atoms with Gasteiger partial charge in [0.2, 0.25) is 0 Å². The van der Waals surface area contributed by atoms with Crippen LogP contribution in [0.2, 0.25) is 0 Å². The van der Waals surface area contributed by atoms with Gasteiger partial charge in [0.05, 0.1) is 12.2 Å². The number of urea groups is 1. The Labute approximate surface area is 119 Å². The molecule has 0 aliphatic heterocycles. The van der Waals surface area contributed by atoms with Crippen LogP contribution in [-0.4, -0.2) is 24.6 Å². The van der Waals surface area contributed by atoms with Crippen molar-refractivity contribution in [3.8, 4) is 0 Å². The molecule has 0 saturated carbocycles.